The molecule has 0 bridgehead atoms. The molecule has 0 saturated carbocycles. The molecule has 2 aromatic rings. The molecule has 4 nitrogen and oxygen atoms in total. The van der Waals surface area contributed by atoms with E-state index in [-0.39, 0.29) is 17.7 Å². The second-order valence-electron chi connectivity index (χ2n) is 6.14. The van der Waals surface area contributed by atoms with E-state index in [1.165, 1.54) is 25.3 Å². The molecule has 1 N–H and O–H groups in total. The third-order valence-electron chi connectivity index (χ3n) is 4.14. The van der Waals surface area contributed by atoms with Crippen LogP contribution >= 0.6 is 0 Å². The van der Waals surface area contributed by atoms with Crippen molar-refractivity contribution in [3.8, 4) is 5.75 Å². The number of esters is 1. The maximum absolute atomic E-state index is 13.7. The SMILES string of the molecule is C=CC[C@@H](COC(=O)c1ccccc1)[C@H](Nc1ccc(OC)cc1)C(F)(F)F. The fourth-order valence-electron chi connectivity index (χ4n) is 2.69. The van der Waals surface area contributed by atoms with Crippen molar-refractivity contribution in [3.05, 3.63) is 72.8 Å². The highest BCUT2D eigenvalue weighted by Gasteiger charge is 2.44. The van der Waals surface area contributed by atoms with Crippen molar-refractivity contribution in [1.29, 1.82) is 0 Å². The Morgan fingerprint density at radius 3 is 2.32 bits per heavy atom. The lowest BCUT2D eigenvalue weighted by Crippen LogP contribution is -2.44. The minimum atomic E-state index is -4.55. The van der Waals surface area contributed by atoms with Crippen LogP contribution in [0, 0.1) is 5.92 Å². The zero-order valence-corrected chi connectivity index (χ0v) is 15.4. The lowest BCUT2D eigenvalue weighted by atomic mass is 9.95. The third kappa shape index (κ3) is 6.04. The van der Waals surface area contributed by atoms with Gasteiger partial charge in [-0.2, -0.15) is 13.2 Å². The van der Waals surface area contributed by atoms with E-state index in [0.717, 1.165) is 0 Å². The van der Waals surface area contributed by atoms with Crippen molar-refractivity contribution in [2.45, 2.75) is 18.6 Å². The topological polar surface area (TPSA) is 47.6 Å². The Labute approximate surface area is 162 Å². The Balaban J connectivity index is 2.14. The average Bonchev–Trinajstić information content (AvgIpc) is 2.69. The van der Waals surface area contributed by atoms with E-state index in [2.05, 4.69) is 11.9 Å². The molecule has 0 aliphatic rings. The van der Waals surface area contributed by atoms with Gasteiger partial charge in [-0.15, -0.1) is 6.58 Å². The van der Waals surface area contributed by atoms with Crippen LogP contribution in [0.3, 0.4) is 0 Å². The molecular weight excluding hydrogens is 371 g/mol. The minimum Gasteiger partial charge on any atom is -0.497 e. The van der Waals surface area contributed by atoms with Gasteiger partial charge < -0.3 is 14.8 Å². The molecule has 2 rings (SSSR count). The van der Waals surface area contributed by atoms with E-state index < -0.39 is 30.7 Å². The molecule has 0 spiro atoms. The van der Waals surface area contributed by atoms with Gasteiger partial charge in [0.1, 0.15) is 11.8 Å². The van der Waals surface area contributed by atoms with Crippen molar-refractivity contribution in [2.75, 3.05) is 19.0 Å². The molecule has 0 heterocycles. The summed E-state index contributed by atoms with van der Waals surface area (Å²) < 4.78 is 51.3. The van der Waals surface area contributed by atoms with Crippen molar-refractivity contribution in [2.24, 2.45) is 5.92 Å². The number of alkyl halides is 3. The average molecular weight is 393 g/mol. The second kappa shape index (κ2) is 9.82. The molecular formula is C21H22F3NO3. The summed E-state index contributed by atoms with van der Waals surface area (Å²) in [7, 11) is 1.47. The summed E-state index contributed by atoms with van der Waals surface area (Å²) in [6.07, 6.45) is -3.14. The largest absolute Gasteiger partial charge is 0.497 e. The Hall–Kier alpha value is -2.96. The monoisotopic (exact) mass is 393 g/mol. The Bertz CT molecular complexity index is 761. The summed E-state index contributed by atoms with van der Waals surface area (Å²) in [5.41, 5.74) is 0.568. The zero-order valence-electron chi connectivity index (χ0n) is 15.4. The number of rotatable bonds is 9. The second-order valence-corrected chi connectivity index (χ2v) is 6.14. The van der Waals surface area contributed by atoms with Gasteiger partial charge in [0, 0.05) is 11.6 Å². The zero-order chi connectivity index (χ0) is 20.6. The first kappa shape index (κ1) is 21.3. The smallest absolute Gasteiger partial charge is 0.408 e. The van der Waals surface area contributed by atoms with Crippen LogP contribution < -0.4 is 10.1 Å². The number of hydrogen-bond acceptors (Lipinski definition) is 4. The number of halogens is 3. The van der Waals surface area contributed by atoms with Gasteiger partial charge in [-0.25, -0.2) is 4.79 Å². The molecule has 2 atom stereocenters. The fraction of sp³-hybridized carbons (Fsp3) is 0.286. The van der Waals surface area contributed by atoms with Crippen LogP contribution in [0.5, 0.6) is 5.75 Å². The molecule has 0 fully saturated rings. The minimum absolute atomic E-state index is 0.0232. The number of ether oxygens (including phenoxy) is 2. The highest BCUT2D eigenvalue weighted by atomic mass is 19.4. The highest BCUT2D eigenvalue weighted by Crippen LogP contribution is 2.31. The van der Waals surface area contributed by atoms with E-state index in [9.17, 15) is 18.0 Å². The van der Waals surface area contributed by atoms with Crippen LogP contribution in [0.15, 0.2) is 67.3 Å². The number of allylic oxidation sites excluding steroid dienone is 1. The molecule has 150 valence electrons. The summed E-state index contributed by atoms with van der Waals surface area (Å²) in [6.45, 7) is 3.13. The van der Waals surface area contributed by atoms with Crippen LogP contribution in [-0.2, 0) is 4.74 Å². The highest BCUT2D eigenvalue weighted by molar-refractivity contribution is 5.89. The number of nitrogens with one attached hydrogen (secondary N) is 1. The van der Waals surface area contributed by atoms with E-state index in [1.54, 1.807) is 42.5 Å². The molecule has 0 aliphatic carbocycles. The van der Waals surface area contributed by atoms with Gasteiger partial charge >= 0.3 is 12.1 Å². The van der Waals surface area contributed by atoms with Crippen molar-refractivity contribution >= 4 is 11.7 Å². The molecule has 2 aromatic carbocycles. The van der Waals surface area contributed by atoms with Crippen LogP contribution in [0.25, 0.3) is 0 Å². The van der Waals surface area contributed by atoms with Crippen LogP contribution in [0.1, 0.15) is 16.8 Å². The molecule has 28 heavy (non-hydrogen) atoms. The molecule has 0 aliphatic heterocycles. The van der Waals surface area contributed by atoms with Gasteiger partial charge in [-0.3, -0.25) is 0 Å². The number of hydrogen-bond donors (Lipinski definition) is 1. The lowest BCUT2D eigenvalue weighted by Gasteiger charge is -2.30. The van der Waals surface area contributed by atoms with Crippen molar-refractivity contribution in [3.63, 3.8) is 0 Å². The number of anilines is 1. The first-order valence-corrected chi connectivity index (χ1v) is 8.65. The third-order valence-corrected chi connectivity index (χ3v) is 4.14. The first-order chi connectivity index (χ1) is 13.3. The van der Waals surface area contributed by atoms with Crippen molar-refractivity contribution < 1.29 is 27.4 Å². The van der Waals surface area contributed by atoms with Crippen LogP contribution in [-0.4, -0.2) is 31.9 Å². The van der Waals surface area contributed by atoms with Gasteiger partial charge in [-0.1, -0.05) is 24.3 Å². The van der Waals surface area contributed by atoms with Gasteiger partial charge in [0.05, 0.1) is 19.3 Å². The predicted molar refractivity (Wildman–Crippen MR) is 101 cm³/mol. The van der Waals surface area contributed by atoms with Crippen molar-refractivity contribution in [1.82, 2.24) is 0 Å². The Morgan fingerprint density at radius 1 is 1.14 bits per heavy atom. The van der Waals surface area contributed by atoms with E-state index in [1.807, 2.05) is 0 Å². The summed E-state index contributed by atoms with van der Waals surface area (Å²) in [5, 5.41) is 2.50. The number of carbonyl (C=O) groups excluding carboxylic acids is 1. The molecule has 0 radical (unpaired) electrons. The van der Waals surface area contributed by atoms with Gasteiger partial charge in [0.15, 0.2) is 0 Å². The molecule has 0 amide bonds. The number of methoxy groups -OCH3 is 1. The summed E-state index contributed by atoms with van der Waals surface area (Å²) in [5.74, 6) is -1.17. The summed E-state index contributed by atoms with van der Waals surface area (Å²) in [4.78, 5) is 12.1. The van der Waals surface area contributed by atoms with Crippen LogP contribution in [0.2, 0.25) is 0 Å². The van der Waals surface area contributed by atoms with Gasteiger partial charge in [0.2, 0.25) is 0 Å². The quantitative estimate of drug-likeness (QED) is 0.476. The first-order valence-electron chi connectivity index (χ1n) is 8.65. The van der Waals surface area contributed by atoms with E-state index >= 15 is 0 Å². The summed E-state index contributed by atoms with van der Waals surface area (Å²) >= 11 is 0. The van der Waals surface area contributed by atoms with Crippen LogP contribution in [0.4, 0.5) is 18.9 Å². The maximum Gasteiger partial charge on any atom is 0.408 e. The standard InChI is InChI=1S/C21H22F3NO3/c1-3-7-16(14-28-20(26)15-8-5-4-6-9-15)19(21(22,23)24)25-17-10-12-18(27-2)13-11-17/h3-6,8-13,16,19,25H,1,7,14H2,2H3/t16-,19-/m0/s1. The lowest BCUT2D eigenvalue weighted by molar-refractivity contribution is -0.156. The maximum atomic E-state index is 13.7. The predicted octanol–water partition coefficient (Wildman–Crippen LogP) is 5.09. The summed E-state index contributed by atoms with van der Waals surface area (Å²) in [6, 6.07) is 12.3. The Morgan fingerprint density at radius 2 is 1.79 bits per heavy atom. The molecule has 0 saturated heterocycles. The normalized spacial score (nSPS) is 13.3. The van der Waals surface area contributed by atoms with Gasteiger partial charge in [-0.05, 0) is 42.8 Å². The molecule has 7 heteroatoms. The van der Waals surface area contributed by atoms with Gasteiger partial charge in [0.25, 0.3) is 0 Å². The fourth-order valence-corrected chi connectivity index (χ4v) is 2.69. The molecule has 0 unspecified atom stereocenters. The number of benzene rings is 2. The van der Waals surface area contributed by atoms with E-state index in [0.29, 0.717) is 5.75 Å². The van der Waals surface area contributed by atoms with E-state index in [4.69, 9.17) is 9.47 Å². The Kier molecular flexibility index (Phi) is 7.49. The number of carbonyl (C=O) groups is 1. The molecule has 0 aromatic heterocycles.